The van der Waals surface area contributed by atoms with Gasteiger partial charge in [0.15, 0.2) is 0 Å². The van der Waals surface area contributed by atoms with E-state index in [0.717, 1.165) is 12.2 Å². The van der Waals surface area contributed by atoms with E-state index in [1.165, 1.54) is 0 Å². The quantitative estimate of drug-likeness (QED) is 0.816. The van der Waals surface area contributed by atoms with Crippen molar-refractivity contribution in [1.29, 1.82) is 0 Å². The minimum Gasteiger partial charge on any atom is -0.388 e. The number of nitrogens with one attached hydrogen (secondary N) is 2. The molecule has 1 rings (SSSR count). The van der Waals surface area contributed by atoms with Crippen molar-refractivity contribution >= 4 is 11.6 Å². The van der Waals surface area contributed by atoms with Crippen LogP contribution < -0.4 is 10.6 Å². The average molecular weight is 264 g/mol. The lowest BCUT2D eigenvalue weighted by Gasteiger charge is -2.28. The minimum atomic E-state index is -0.135. The number of nitrogens with zero attached hydrogens (tertiary/aromatic N) is 2. The van der Waals surface area contributed by atoms with E-state index in [1.807, 2.05) is 27.2 Å². The van der Waals surface area contributed by atoms with E-state index in [2.05, 4.69) is 34.4 Å². The van der Waals surface area contributed by atoms with E-state index in [4.69, 9.17) is 0 Å². The van der Waals surface area contributed by atoms with Crippen molar-refractivity contribution in [2.24, 2.45) is 5.41 Å². The van der Waals surface area contributed by atoms with Gasteiger partial charge >= 0.3 is 0 Å². The summed E-state index contributed by atoms with van der Waals surface area (Å²) in [6.07, 6.45) is 1.63. The van der Waals surface area contributed by atoms with E-state index < -0.39 is 0 Å². The van der Waals surface area contributed by atoms with Crippen LogP contribution in [0, 0.1) is 5.41 Å². The van der Waals surface area contributed by atoms with Crippen molar-refractivity contribution in [1.82, 2.24) is 15.2 Å². The number of aromatic nitrogens is 1. The first kappa shape index (κ1) is 15.4. The highest BCUT2D eigenvalue weighted by Gasteiger charge is 2.20. The maximum Gasteiger partial charge on any atom is 0.269 e. The number of hydrogen-bond acceptors (Lipinski definition) is 4. The predicted octanol–water partition coefficient (Wildman–Crippen LogP) is 1.44. The molecule has 0 aliphatic heterocycles. The summed E-state index contributed by atoms with van der Waals surface area (Å²) < 4.78 is 0. The van der Waals surface area contributed by atoms with Crippen LogP contribution in [0.3, 0.4) is 0 Å². The highest BCUT2D eigenvalue weighted by molar-refractivity contribution is 5.93. The van der Waals surface area contributed by atoms with Crippen LogP contribution in [0.4, 0.5) is 5.69 Å². The van der Waals surface area contributed by atoms with Crippen LogP contribution in [0.5, 0.6) is 0 Å². The van der Waals surface area contributed by atoms with E-state index in [-0.39, 0.29) is 11.3 Å². The summed E-state index contributed by atoms with van der Waals surface area (Å²) in [5.74, 6) is -0.135. The molecule has 0 spiro atoms. The van der Waals surface area contributed by atoms with Gasteiger partial charge in [-0.2, -0.15) is 0 Å². The van der Waals surface area contributed by atoms with Crippen molar-refractivity contribution in [3.05, 3.63) is 24.0 Å². The number of hydrogen-bond donors (Lipinski definition) is 2. The number of amides is 1. The van der Waals surface area contributed by atoms with Gasteiger partial charge in [0, 0.05) is 32.0 Å². The number of carbonyl (C=O) groups is 1. The smallest absolute Gasteiger partial charge is 0.269 e. The van der Waals surface area contributed by atoms with E-state index in [1.54, 1.807) is 12.3 Å². The molecule has 19 heavy (non-hydrogen) atoms. The summed E-state index contributed by atoms with van der Waals surface area (Å²) >= 11 is 0. The standard InChI is InChI=1S/C14H24N4O/c1-14(2,10-18(4)5)9-17-13(19)12-8-11(15-3)6-7-16-12/h6-8H,9-10H2,1-5H3,(H,15,16)(H,17,19). The summed E-state index contributed by atoms with van der Waals surface area (Å²) in [5.41, 5.74) is 1.35. The molecular weight excluding hydrogens is 240 g/mol. The van der Waals surface area contributed by atoms with Gasteiger partial charge in [-0.1, -0.05) is 13.8 Å². The molecule has 0 atom stereocenters. The van der Waals surface area contributed by atoms with Gasteiger partial charge in [0.2, 0.25) is 0 Å². The van der Waals surface area contributed by atoms with Crippen LogP contribution in [0.2, 0.25) is 0 Å². The molecule has 0 aliphatic carbocycles. The van der Waals surface area contributed by atoms with Crippen LogP contribution in [0.25, 0.3) is 0 Å². The summed E-state index contributed by atoms with van der Waals surface area (Å²) in [4.78, 5) is 18.2. The van der Waals surface area contributed by atoms with Crippen molar-refractivity contribution < 1.29 is 4.79 Å². The molecule has 0 bridgehead atoms. The highest BCUT2D eigenvalue weighted by Crippen LogP contribution is 2.14. The Labute approximate surface area is 115 Å². The molecule has 1 heterocycles. The molecule has 5 heteroatoms. The molecule has 0 saturated heterocycles. The second-order valence-electron chi connectivity index (χ2n) is 5.76. The second-order valence-corrected chi connectivity index (χ2v) is 5.76. The molecule has 5 nitrogen and oxygen atoms in total. The van der Waals surface area contributed by atoms with Gasteiger partial charge in [-0.25, -0.2) is 0 Å². The molecule has 0 radical (unpaired) electrons. The summed E-state index contributed by atoms with van der Waals surface area (Å²) in [6, 6.07) is 3.57. The lowest BCUT2D eigenvalue weighted by Crippen LogP contribution is -2.40. The van der Waals surface area contributed by atoms with Crippen LogP contribution in [-0.4, -0.2) is 50.0 Å². The zero-order valence-corrected chi connectivity index (χ0v) is 12.4. The highest BCUT2D eigenvalue weighted by atomic mass is 16.1. The Balaban J connectivity index is 2.60. The number of anilines is 1. The third-order valence-corrected chi connectivity index (χ3v) is 2.75. The second kappa shape index (κ2) is 6.52. The van der Waals surface area contributed by atoms with Crippen LogP contribution in [-0.2, 0) is 0 Å². The van der Waals surface area contributed by atoms with Crippen molar-refractivity contribution in [2.45, 2.75) is 13.8 Å². The molecule has 0 fully saturated rings. The topological polar surface area (TPSA) is 57.3 Å². The van der Waals surface area contributed by atoms with E-state index >= 15 is 0 Å². The third kappa shape index (κ3) is 5.26. The summed E-state index contributed by atoms with van der Waals surface area (Å²) in [5, 5.41) is 5.93. The van der Waals surface area contributed by atoms with Gasteiger partial charge < -0.3 is 15.5 Å². The third-order valence-electron chi connectivity index (χ3n) is 2.75. The Bertz CT molecular complexity index is 429. The number of carbonyl (C=O) groups excluding carboxylic acids is 1. The summed E-state index contributed by atoms with van der Waals surface area (Å²) in [7, 11) is 5.88. The molecular formula is C14H24N4O. The summed E-state index contributed by atoms with van der Waals surface area (Å²) in [6.45, 7) is 5.79. The van der Waals surface area contributed by atoms with Crippen molar-refractivity contribution in [3.63, 3.8) is 0 Å². The molecule has 1 aromatic rings. The minimum absolute atomic E-state index is 0.0276. The molecule has 0 unspecified atom stereocenters. The molecule has 106 valence electrons. The van der Waals surface area contributed by atoms with Gasteiger partial charge in [-0.15, -0.1) is 0 Å². The lowest BCUT2D eigenvalue weighted by atomic mass is 9.93. The van der Waals surface area contributed by atoms with Gasteiger partial charge in [0.25, 0.3) is 5.91 Å². The van der Waals surface area contributed by atoms with Crippen molar-refractivity contribution in [3.8, 4) is 0 Å². The Kier molecular flexibility index (Phi) is 5.30. The Morgan fingerprint density at radius 1 is 1.42 bits per heavy atom. The maximum absolute atomic E-state index is 12.0. The number of pyridine rings is 1. The normalized spacial score (nSPS) is 11.5. The lowest BCUT2D eigenvalue weighted by molar-refractivity contribution is 0.0924. The van der Waals surface area contributed by atoms with Crippen molar-refractivity contribution in [2.75, 3.05) is 39.5 Å². The molecule has 0 aromatic carbocycles. The Hall–Kier alpha value is -1.62. The average Bonchev–Trinajstić information content (AvgIpc) is 2.34. The van der Waals surface area contributed by atoms with E-state index in [9.17, 15) is 4.79 Å². The molecule has 0 saturated carbocycles. The van der Waals surface area contributed by atoms with Gasteiger partial charge in [-0.3, -0.25) is 9.78 Å². The Morgan fingerprint density at radius 2 is 2.11 bits per heavy atom. The molecule has 2 N–H and O–H groups in total. The SMILES string of the molecule is CNc1ccnc(C(=O)NCC(C)(C)CN(C)C)c1. The van der Waals surface area contributed by atoms with Crippen LogP contribution in [0.15, 0.2) is 18.3 Å². The fourth-order valence-corrected chi connectivity index (χ4v) is 2.03. The zero-order valence-electron chi connectivity index (χ0n) is 12.4. The monoisotopic (exact) mass is 264 g/mol. The van der Waals surface area contributed by atoms with Gasteiger partial charge in [0.05, 0.1) is 0 Å². The van der Waals surface area contributed by atoms with E-state index in [0.29, 0.717) is 12.2 Å². The Morgan fingerprint density at radius 3 is 2.68 bits per heavy atom. The zero-order chi connectivity index (χ0) is 14.5. The predicted molar refractivity (Wildman–Crippen MR) is 78.5 cm³/mol. The molecule has 1 amide bonds. The number of rotatable bonds is 6. The van der Waals surface area contributed by atoms with Crippen LogP contribution in [0.1, 0.15) is 24.3 Å². The first-order chi connectivity index (χ1) is 8.84. The fraction of sp³-hybridized carbons (Fsp3) is 0.571. The molecule has 1 aromatic heterocycles. The van der Waals surface area contributed by atoms with Gasteiger partial charge in [0.1, 0.15) is 5.69 Å². The van der Waals surface area contributed by atoms with Gasteiger partial charge in [-0.05, 0) is 31.6 Å². The molecule has 0 aliphatic rings. The maximum atomic E-state index is 12.0. The first-order valence-corrected chi connectivity index (χ1v) is 6.41. The van der Waals surface area contributed by atoms with Crippen LogP contribution >= 0.6 is 0 Å². The first-order valence-electron chi connectivity index (χ1n) is 6.41. The largest absolute Gasteiger partial charge is 0.388 e. The fourth-order valence-electron chi connectivity index (χ4n) is 2.03.